The third-order valence-corrected chi connectivity index (χ3v) is 6.22. The van der Waals surface area contributed by atoms with Crippen LogP contribution in [0.3, 0.4) is 0 Å². The molecule has 1 aliphatic heterocycles. The molecule has 0 spiro atoms. The summed E-state index contributed by atoms with van der Waals surface area (Å²) in [5.41, 5.74) is 1.74. The molecule has 10 heteroatoms. The number of hydrogen-bond donors (Lipinski definition) is 1. The number of aromatic nitrogens is 4. The number of ether oxygens (including phenoxy) is 2. The highest BCUT2D eigenvalue weighted by molar-refractivity contribution is 7.17. The largest absolute Gasteiger partial charge is 0.454 e. The molecule has 0 atom stereocenters. The Hall–Kier alpha value is -3.40. The lowest BCUT2D eigenvalue weighted by Crippen LogP contribution is -2.23. The zero-order valence-electron chi connectivity index (χ0n) is 17.0. The van der Waals surface area contributed by atoms with Crippen LogP contribution in [0.15, 0.2) is 34.4 Å². The Morgan fingerprint density at radius 2 is 2.10 bits per heavy atom. The molecular formula is C21H21N5O4S. The summed E-state index contributed by atoms with van der Waals surface area (Å²) in [6.45, 7) is 3.10. The zero-order chi connectivity index (χ0) is 21.4. The standard InChI is InChI=1S/C21H21N5O4S/c1-2-25-20(28)19-14(8-9-31-19)26-17(23-24-21(25)26)4-3-5-18(27)22-11-13-6-7-15-16(10-13)30-12-29-15/h6-10H,2-5,11-12H2,1H3,(H,22,27). The number of amides is 1. The Morgan fingerprint density at radius 3 is 2.97 bits per heavy atom. The summed E-state index contributed by atoms with van der Waals surface area (Å²) in [4.78, 5) is 24.9. The highest BCUT2D eigenvalue weighted by Gasteiger charge is 2.17. The van der Waals surface area contributed by atoms with E-state index in [1.807, 2.05) is 41.0 Å². The molecule has 1 N–H and O–H groups in total. The first-order valence-corrected chi connectivity index (χ1v) is 11.0. The van der Waals surface area contributed by atoms with E-state index in [4.69, 9.17) is 9.47 Å². The lowest BCUT2D eigenvalue weighted by Gasteiger charge is -2.08. The fourth-order valence-corrected chi connectivity index (χ4v) is 4.60. The third kappa shape index (κ3) is 3.52. The van der Waals surface area contributed by atoms with Crippen LogP contribution in [0, 0.1) is 0 Å². The van der Waals surface area contributed by atoms with Gasteiger partial charge in [-0.3, -0.25) is 18.6 Å². The topological polar surface area (TPSA) is 99.8 Å². The van der Waals surface area contributed by atoms with Crippen molar-refractivity contribution in [1.29, 1.82) is 0 Å². The number of benzene rings is 1. The second-order valence-electron chi connectivity index (χ2n) is 7.25. The van der Waals surface area contributed by atoms with Crippen molar-refractivity contribution in [2.75, 3.05) is 6.79 Å². The number of carbonyl (C=O) groups is 1. The normalized spacial score (nSPS) is 12.7. The van der Waals surface area contributed by atoms with Crippen LogP contribution >= 0.6 is 11.3 Å². The molecular weight excluding hydrogens is 418 g/mol. The van der Waals surface area contributed by atoms with Gasteiger partial charge >= 0.3 is 0 Å². The van der Waals surface area contributed by atoms with Gasteiger partial charge in [0.1, 0.15) is 10.5 Å². The highest BCUT2D eigenvalue weighted by atomic mass is 32.1. The molecule has 0 saturated carbocycles. The molecule has 1 amide bonds. The molecule has 5 rings (SSSR count). The Morgan fingerprint density at radius 1 is 1.23 bits per heavy atom. The van der Waals surface area contributed by atoms with Crippen molar-refractivity contribution in [3.8, 4) is 11.5 Å². The number of rotatable bonds is 7. The minimum absolute atomic E-state index is 0.0300. The van der Waals surface area contributed by atoms with Crippen molar-refractivity contribution in [2.45, 2.75) is 39.3 Å². The van der Waals surface area contributed by atoms with E-state index in [9.17, 15) is 9.59 Å². The number of nitrogens with zero attached hydrogens (tertiary/aromatic N) is 4. The van der Waals surface area contributed by atoms with Crippen LogP contribution in [0.2, 0.25) is 0 Å². The average molecular weight is 439 g/mol. The van der Waals surface area contributed by atoms with Gasteiger partial charge in [0.2, 0.25) is 18.5 Å². The lowest BCUT2D eigenvalue weighted by atomic mass is 10.2. The Kier molecular flexibility index (Phi) is 5.06. The summed E-state index contributed by atoms with van der Waals surface area (Å²) in [5, 5.41) is 13.4. The lowest BCUT2D eigenvalue weighted by molar-refractivity contribution is -0.121. The maximum Gasteiger partial charge on any atom is 0.272 e. The molecule has 0 radical (unpaired) electrons. The molecule has 160 valence electrons. The number of thiophene rings is 1. The first kappa shape index (κ1) is 19.6. The van der Waals surface area contributed by atoms with Gasteiger partial charge in [-0.25, -0.2) is 0 Å². The van der Waals surface area contributed by atoms with Crippen molar-refractivity contribution in [3.63, 3.8) is 0 Å². The summed E-state index contributed by atoms with van der Waals surface area (Å²) >= 11 is 1.42. The Balaban J connectivity index is 1.24. The molecule has 0 fully saturated rings. The molecule has 0 unspecified atom stereocenters. The van der Waals surface area contributed by atoms with Gasteiger partial charge in [-0.2, -0.15) is 0 Å². The first-order valence-electron chi connectivity index (χ1n) is 10.1. The van der Waals surface area contributed by atoms with Gasteiger partial charge in [0, 0.05) is 25.9 Å². The maximum absolute atomic E-state index is 12.6. The van der Waals surface area contributed by atoms with Gasteiger partial charge in [-0.1, -0.05) is 6.07 Å². The second kappa shape index (κ2) is 8.03. The average Bonchev–Trinajstić information content (AvgIpc) is 3.51. The van der Waals surface area contributed by atoms with Gasteiger partial charge in [0.25, 0.3) is 5.56 Å². The molecule has 0 aliphatic carbocycles. The quantitative estimate of drug-likeness (QED) is 0.475. The fourth-order valence-electron chi connectivity index (χ4n) is 3.77. The minimum Gasteiger partial charge on any atom is -0.454 e. The first-order chi connectivity index (χ1) is 15.2. The molecule has 0 bridgehead atoms. The molecule has 4 heterocycles. The van der Waals surface area contributed by atoms with E-state index in [1.165, 1.54) is 11.3 Å². The predicted molar refractivity (Wildman–Crippen MR) is 116 cm³/mol. The van der Waals surface area contributed by atoms with Crippen molar-refractivity contribution in [1.82, 2.24) is 24.5 Å². The number of fused-ring (bicyclic) bond motifs is 4. The van der Waals surface area contributed by atoms with Crippen LogP contribution in [0.1, 0.15) is 31.2 Å². The van der Waals surface area contributed by atoms with E-state index in [-0.39, 0.29) is 18.3 Å². The van der Waals surface area contributed by atoms with Crippen molar-refractivity contribution < 1.29 is 14.3 Å². The summed E-state index contributed by atoms with van der Waals surface area (Å²) in [6, 6.07) is 7.56. The van der Waals surface area contributed by atoms with Crippen LogP contribution in [0.5, 0.6) is 11.5 Å². The maximum atomic E-state index is 12.6. The zero-order valence-corrected chi connectivity index (χ0v) is 17.8. The number of hydrogen-bond acceptors (Lipinski definition) is 7. The van der Waals surface area contributed by atoms with E-state index in [2.05, 4.69) is 15.5 Å². The van der Waals surface area contributed by atoms with Crippen LogP contribution < -0.4 is 20.3 Å². The minimum atomic E-state index is -0.0400. The summed E-state index contributed by atoms with van der Waals surface area (Å²) < 4.78 is 14.9. The molecule has 1 aliphatic rings. The Bertz CT molecular complexity index is 1340. The van der Waals surface area contributed by atoms with Crippen molar-refractivity contribution in [3.05, 3.63) is 51.4 Å². The molecule has 1 aromatic carbocycles. The number of aryl methyl sites for hydroxylation is 2. The third-order valence-electron chi connectivity index (χ3n) is 5.33. The second-order valence-corrected chi connectivity index (χ2v) is 8.17. The van der Waals surface area contributed by atoms with Crippen LogP contribution in [0.25, 0.3) is 16.0 Å². The fraction of sp³-hybridized carbons (Fsp3) is 0.333. The molecule has 0 saturated heterocycles. The predicted octanol–water partition coefficient (Wildman–Crippen LogP) is 2.49. The van der Waals surface area contributed by atoms with Gasteiger partial charge in [-0.05, 0) is 42.5 Å². The van der Waals surface area contributed by atoms with Crippen molar-refractivity contribution >= 4 is 33.2 Å². The number of carbonyl (C=O) groups excluding carboxylic acids is 1. The van der Waals surface area contributed by atoms with Crippen LogP contribution in [0.4, 0.5) is 0 Å². The summed E-state index contributed by atoms with van der Waals surface area (Å²) in [7, 11) is 0. The van der Waals surface area contributed by atoms with E-state index in [0.717, 1.165) is 22.7 Å². The Labute approximate surface area is 181 Å². The van der Waals surface area contributed by atoms with Gasteiger partial charge in [-0.15, -0.1) is 21.5 Å². The van der Waals surface area contributed by atoms with Crippen molar-refractivity contribution in [2.24, 2.45) is 0 Å². The van der Waals surface area contributed by atoms with Crippen LogP contribution in [-0.2, 0) is 24.3 Å². The van der Waals surface area contributed by atoms with E-state index < -0.39 is 0 Å². The van der Waals surface area contributed by atoms with E-state index in [0.29, 0.717) is 48.6 Å². The van der Waals surface area contributed by atoms with Gasteiger partial charge < -0.3 is 14.8 Å². The monoisotopic (exact) mass is 439 g/mol. The number of nitrogens with one attached hydrogen (secondary N) is 1. The van der Waals surface area contributed by atoms with Crippen LogP contribution in [-0.4, -0.2) is 31.9 Å². The highest BCUT2D eigenvalue weighted by Crippen LogP contribution is 2.32. The molecule has 4 aromatic rings. The molecule has 31 heavy (non-hydrogen) atoms. The summed E-state index contributed by atoms with van der Waals surface area (Å²) in [5.74, 6) is 2.70. The van der Waals surface area contributed by atoms with E-state index >= 15 is 0 Å². The van der Waals surface area contributed by atoms with E-state index in [1.54, 1.807) is 4.57 Å². The smallest absolute Gasteiger partial charge is 0.272 e. The van der Waals surface area contributed by atoms with Gasteiger partial charge in [0.05, 0.1) is 5.52 Å². The molecule has 9 nitrogen and oxygen atoms in total. The summed E-state index contributed by atoms with van der Waals surface area (Å²) in [6.07, 6.45) is 1.59. The van der Waals surface area contributed by atoms with Gasteiger partial charge in [0.15, 0.2) is 11.5 Å². The molecule has 3 aromatic heterocycles. The SMILES string of the molecule is CCn1c(=O)c2sccc2n2c(CCCC(=O)NCc3ccc4c(c3)OCO4)nnc12.